The van der Waals surface area contributed by atoms with Gasteiger partial charge in [0.25, 0.3) is 5.69 Å². The molecule has 0 aliphatic rings. The topological polar surface area (TPSA) is 116 Å². The van der Waals surface area contributed by atoms with Gasteiger partial charge in [-0.3, -0.25) is 10.1 Å². The lowest BCUT2D eigenvalue weighted by Gasteiger charge is -2.17. The average molecular weight is 327 g/mol. The van der Waals surface area contributed by atoms with Crippen LogP contribution in [0.25, 0.3) is 0 Å². The van der Waals surface area contributed by atoms with E-state index in [0.717, 1.165) is 0 Å². The first-order chi connectivity index (χ1) is 9.29. The van der Waals surface area contributed by atoms with Crippen molar-refractivity contribution in [3.63, 3.8) is 0 Å². The van der Waals surface area contributed by atoms with E-state index in [1.165, 1.54) is 6.92 Å². The standard InChI is InChI=1S/C11H12F2N2O5.ClH/c1-2-20-11(17)8(13)9(14)6-3-5(15(18)19)4-7(12)10(6)16;/h3-4,8-9,16H,2,14H2,1H3;1H/t8?,9-;/m0./s1. The number of ether oxygens (including phenoxy) is 1. The SMILES string of the molecule is CCOC(=O)C(F)[C@@H](N)c1cc([N+](=O)[O-])cc(F)c1O.Cl. The fourth-order valence-corrected chi connectivity index (χ4v) is 1.49. The number of phenolic OH excluding ortho intramolecular Hbond substituents is 1. The number of esters is 1. The van der Waals surface area contributed by atoms with Crippen molar-refractivity contribution in [2.45, 2.75) is 19.1 Å². The van der Waals surface area contributed by atoms with Crippen LogP contribution >= 0.6 is 12.4 Å². The van der Waals surface area contributed by atoms with E-state index in [2.05, 4.69) is 4.74 Å². The first-order valence-electron chi connectivity index (χ1n) is 5.52. The maximum Gasteiger partial charge on any atom is 0.342 e. The fourth-order valence-electron chi connectivity index (χ4n) is 1.49. The molecule has 2 atom stereocenters. The van der Waals surface area contributed by atoms with E-state index in [0.29, 0.717) is 12.1 Å². The monoisotopic (exact) mass is 326 g/mol. The zero-order valence-electron chi connectivity index (χ0n) is 10.8. The minimum absolute atomic E-state index is 0. The molecular formula is C11H13ClF2N2O5. The van der Waals surface area contributed by atoms with E-state index >= 15 is 0 Å². The first-order valence-corrected chi connectivity index (χ1v) is 5.52. The van der Waals surface area contributed by atoms with Crippen molar-refractivity contribution in [1.82, 2.24) is 0 Å². The summed E-state index contributed by atoms with van der Waals surface area (Å²) < 4.78 is 31.4. The molecular weight excluding hydrogens is 314 g/mol. The maximum atomic E-state index is 13.7. The van der Waals surface area contributed by atoms with Crippen LogP contribution in [0.2, 0.25) is 0 Å². The van der Waals surface area contributed by atoms with Crippen LogP contribution < -0.4 is 5.73 Å². The zero-order valence-corrected chi connectivity index (χ0v) is 11.6. The molecule has 0 saturated carbocycles. The molecule has 0 radical (unpaired) electrons. The van der Waals surface area contributed by atoms with E-state index in [1.807, 2.05) is 0 Å². The molecule has 10 heteroatoms. The number of nitrogens with two attached hydrogens (primary N) is 1. The largest absolute Gasteiger partial charge is 0.505 e. The van der Waals surface area contributed by atoms with Gasteiger partial charge in [-0.15, -0.1) is 12.4 Å². The van der Waals surface area contributed by atoms with Crippen LogP contribution in [0.5, 0.6) is 5.75 Å². The fraction of sp³-hybridized carbons (Fsp3) is 0.364. The van der Waals surface area contributed by atoms with E-state index < -0.39 is 45.9 Å². The normalized spacial score (nSPS) is 13.0. The number of hydrogen-bond acceptors (Lipinski definition) is 6. The predicted molar refractivity (Wildman–Crippen MR) is 70.4 cm³/mol. The van der Waals surface area contributed by atoms with E-state index in [1.54, 1.807) is 0 Å². The van der Waals surface area contributed by atoms with Gasteiger partial charge in [-0.05, 0) is 6.92 Å². The smallest absolute Gasteiger partial charge is 0.342 e. The van der Waals surface area contributed by atoms with E-state index in [4.69, 9.17) is 5.73 Å². The number of carbonyl (C=O) groups excluding carboxylic acids is 1. The maximum absolute atomic E-state index is 13.7. The van der Waals surface area contributed by atoms with Gasteiger partial charge in [0.2, 0.25) is 6.17 Å². The second kappa shape index (κ2) is 7.70. The van der Waals surface area contributed by atoms with Crippen LogP contribution in [-0.4, -0.2) is 28.8 Å². The number of halogens is 3. The summed E-state index contributed by atoms with van der Waals surface area (Å²) >= 11 is 0. The second-order valence-electron chi connectivity index (χ2n) is 3.80. The van der Waals surface area contributed by atoms with Crippen LogP contribution in [0.15, 0.2) is 12.1 Å². The summed E-state index contributed by atoms with van der Waals surface area (Å²) in [6.45, 7) is 1.35. The Bertz CT molecular complexity index is 544. The molecule has 0 spiro atoms. The van der Waals surface area contributed by atoms with E-state index in [9.17, 15) is 28.8 Å². The van der Waals surface area contributed by atoms with Gasteiger partial charge in [0.05, 0.1) is 23.6 Å². The van der Waals surface area contributed by atoms with Crippen molar-refractivity contribution in [2.24, 2.45) is 5.73 Å². The Kier molecular flexibility index (Phi) is 6.96. The Morgan fingerprint density at radius 3 is 2.62 bits per heavy atom. The summed E-state index contributed by atoms with van der Waals surface area (Å²) in [5.74, 6) is -3.68. The molecule has 0 fully saturated rings. The van der Waals surface area contributed by atoms with Crippen LogP contribution in [0.4, 0.5) is 14.5 Å². The zero-order chi connectivity index (χ0) is 15.4. The lowest BCUT2D eigenvalue weighted by molar-refractivity contribution is -0.385. The molecule has 0 heterocycles. The molecule has 0 saturated heterocycles. The number of nitro benzene ring substituents is 1. The van der Waals surface area contributed by atoms with Crippen LogP contribution in [0.3, 0.4) is 0 Å². The molecule has 3 N–H and O–H groups in total. The summed E-state index contributed by atoms with van der Waals surface area (Å²) in [6, 6.07) is -0.624. The van der Waals surface area contributed by atoms with Crippen molar-refractivity contribution in [3.05, 3.63) is 33.6 Å². The summed E-state index contributed by atoms with van der Waals surface area (Å²) in [6.07, 6.45) is -2.39. The van der Waals surface area contributed by atoms with Gasteiger partial charge in [0, 0.05) is 11.6 Å². The van der Waals surface area contributed by atoms with Crippen molar-refractivity contribution in [2.75, 3.05) is 6.61 Å². The number of rotatable bonds is 5. The molecule has 0 bridgehead atoms. The number of aromatic hydroxyl groups is 1. The van der Waals surface area contributed by atoms with Gasteiger partial charge in [0.15, 0.2) is 11.6 Å². The molecule has 1 aromatic carbocycles. The highest BCUT2D eigenvalue weighted by Gasteiger charge is 2.32. The van der Waals surface area contributed by atoms with Gasteiger partial charge >= 0.3 is 5.97 Å². The molecule has 21 heavy (non-hydrogen) atoms. The van der Waals surface area contributed by atoms with Gasteiger partial charge in [-0.1, -0.05) is 0 Å². The van der Waals surface area contributed by atoms with Crippen molar-refractivity contribution < 1.29 is 28.3 Å². The summed E-state index contributed by atoms with van der Waals surface area (Å²) in [7, 11) is 0. The van der Waals surface area contributed by atoms with Gasteiger partial charge < -0.3 is 15.6 Å². The minimum atomic E-state index is -2.39. The Morgan fingerprint density at radius 2 is 2.14 bits per heavy atom. The van der Waals surface area contributed by atoms with Gasteiger partial charge in [-0.25, -0.2) is 13.6 Å². The number of benzene rings is 1. The van der Waals surface area contributed by atoms with Crippen LogP contribution in [0, 0.1) is 15.9 Å². The molecule has 1 aromatic rings. The molecule has 1 unspecified atom stereocenters. The highest BCUT2D eigenvalue weighted by molar-refractivity contribution is 5.85. The first kappa shape index (κ1) is 19.0. The quantitative estimate of drug-likeness (QED) is 0.484. The molecule has 7 nitrogen and oxygen atoms in total. The molecule has 1 rings (SSSR count). The number of phenols is 1. The van der Waals surface area contributed by atoms with Crippen molar-refractivity contribution in [1.29, 1.82) is 0 Å². The molecule has 118 valence electrons. The van der Waals surface area contributed by atoms with Crippen LogP contribution in [-0.2, 0) is 9.53 Å². The Balaban J connectivity index is 0.00000400. The minimum Gasteiger partial charge on any atom is -0.505 e. The number of alkyl halides is 1. The summed E-state index contributed by atoms with van der Waals surface area (Å²) in [5, 5.41) is 20.0. The number of hydrogen-bond donors (Lipinski definition) is 2. The lowest BCUT2D eigenvalue weighted by Crippen LogP contribution is -2.31. The number of nitro groups is 1. The highest BCUT2D eigenvalue weighted by atomic mass is 35.5. The van der Waals surface area contributed by atoms with Crippen molar-refractivity contribution >= 4 is 24.1 Å². The van der Waals surface area contributed by atoms with Crippen LogP contribution in [0.1, 0.15) is 18.5 Å². The third-order valence-electron chi connectivity index (χ3n) is 2.47. The summed E-state index contributed by atoms with van der Waals surface area (Å²) in [5.41, 5.74) is 4.08. The number of carbonyl (C=O) groups is 1. The van der Waals surface area contributed by atoms with E-state index in [-0.39, 0.29) is 19.0 Å². The Morgan fingerprint density at radius 1 is 1.57 bits per heavy atom. The lowest BCUT2D eigenvalue weighted by atomic mass is 10.0. The third kappa shape index (κ3) is 4.23. The average Bonchev–Trinajstić information content (AvgIpc) is 2.40. The Labute approximate surface area is 124 Å². The number of non-ortho nitro benzene ring substituents is 1. The molecule has 0 aliphatic heterocycles. The predicted octanol–water partition coefficient (Wildman–Crippen LogP) is 1.76. The second-order valence-corrected chi connectivity index (χ2v) is 3.80. The third-order valence-corrected chi connectivity index (χ3v) is 2.47. The Hall–Kier alpha value is -2.00. The highest BCUT2D eigenvalue weighted by Crippen LogP contribution is 2.32. The summed E-state index contributed by atoms with van der Waals surface area (Å²) in [4.78, 5) is 20.8. The number of nitrogens with zero attached hydrogens (tertiary/aromatic N) is 1. The molecule has 0 aromatic heterocycles. The van der Waals surface area contributed by atoms with Gasteiger partial charge in [0.1, 0.15) is 0 Å². The molecule has 0 aliphatic carbocycles. The molecule has 0 amide bonds. The van der Waals surface area contributed by atoms with Gasteiger partial charge in [-0.2, -0.15) is 0 Å². The van der Waals surface area contributed by atoms with Crippen molar-refractivity contribution in [3.8, 4) is 5.75 Å².